The lowest BCUT2D eigenvalue weighted by Gasteiger charge is -2.07. The minimum absolute atomic E-state index is 1.23. The Hall–Kier alpha value is -2.09. The lowest BCUT2D eigenvalue weighted by molar-refractivity contribution is -0.744. The summed E-state index contributed by atoms with van der Waals surface area (Å²) >= 11 is 0. The van der Waals surface area contributed by atoms with Crippen molar-refractivity contribution < 1.29 is 4.68 Å². The molecule has 0 saturated carbocycles. The van der Waals surface area contributed by atoms with Crippen molar-refractivity contribution in [1.29, 1.82) is 0 Å². The van der Waals surface area contributed by atoms with E-state index in [1.807, 2.05) is 0 Å². The van der Waals surface area contributed by atoms with Crippen LogP contribution in [-0.4, -0.2) is 4.68 Å². The lowest BCUT2D eigenvalue weighted by atomic mass is 10.1. The summed E-state index contributed by atoms with van der Waals surface area (Å²) in [5.41, 5.74) is 2.52. The van der Waals surface area contributed by atoms with Gasteiger partial charge in [-0.15, -0.1) is 9.36 Å². The normalized spacial score (nSPS) is 10.9. The monoisotopic (exact) mass is 223 g/mol. The third-order valence-electron chi connectivity index (χ3n) is 3.18. The maximum Gasteiger partial charge on any atom is 0.195 e. The zero-order valence-electron chi connectivity index (χ0n) is 10.1. The molecule has 0 atom stereocenters. The molecule has 0 amide bonds. The SMILES string of the molecule is Cc1cc2ccccc2cc1-n1ccc[n+]1C. The number of hydrogen-bond donors (Lipinski definition) is 0. The van der Waals surface area contributed by atoms with Crippen LogP contribution in [0.15, 0.2) is 54.9 Å². The zero-order chi connectivity index (χ0) is 11.8. The smallest absolute Gasteiger partial charge is 0.128 e. The Balaban J connectivity index is 2.30. The first-order valence-electron chi connectivity index (χ1n) is 5.79. The van der Waals surface area contributed by atoms with Crippen molar-refractivity contribution in [2.75, 3.05) is 0 Å². The van der Waals surface area contributed by atoms with Crippen molar-refractivity contribution >= 4 is 10.8 Å². The fourth-order valence-electron chi connectivity index (χ4n) is 2.26. The fourth-order valence-corrected chi connectivity index (χ4v) is 2.26. The van der Waals surface area contributed by atoms with Gasteiger partial charge in [0.15, 0.2) is 13.2 Å². The molecule has 0 aliphatic rings. The van der Waals surface area contributed by atoms with Crippen LogP contribution in [0.4, 0.5) is 0 Å². The third kappa shape index (κ3) is 1.62. The number of rotatable bonds is 1. The molecule has 3 aromatic rings. The Morgan fingerprint density at radius 1 is 1.00 bits per heavy atom. The van der Waals surface area contributed by atoms with Gasteiger partial charge in [0.25, 0.3) is 0 Å². The van der Waals surface area contributed by atoms with Crippen molar-refractivity contribution in [1.82, 2.24) is 4.68 Å². The van der Waals surface area contributed by atoms with E-state index in [-0.39, 0.29) is 0 Å². The van der Waals surface area contributed by atoms with Crippen LogP contribution in [0.25, 0.3) is 16.5 Å². The largest absolute Gasteiger partial charge is 0.195 e. The molecule has 1 heterocycles. The van der Waals surface area contributed by atoms with Gasteiger partial charge in [-0.1, -0.05) is 24.3 Å². The second-order valence-electron chi connectivity index (χ2n) is 4.39. The Kier molecular flexibility index (Phi) is 2.22. The maximum atomic E-state index is 2.24. The molecule has 1 aromatic heterocycles. The molecule has 17 heavy (non-hydrogen) atoms. The van der Waals surface area contributed by atoms with Crippen LogP contribution in [-0.2, 0) is 7.05 Å². The second kappa shape index (κ2) is 3.74. The summed E-state index contributed by atoms with van der Waals surface area (Å²) < 4.78 is 4.23. The molecule has 0 bridgehead atoms. The molecule has 0 unspecified atom stereocenters. The van der Waals surface area contributed by atoms with Crippen LogP contribution in [0.1, 0.15) is 5.56 Å². The highest BCUT2D eigenvalue weighted by atomic mass is 15.4. The predicted octanol–water partition coefficient (Wildman–Crippen LogP) is 2.76. The molecule has 2 heteroatoms. The summed E-state index contributed by atoms with van der Waals surface area (Å²) in [5, 5.41) is 2.57. The molecule has 2 aromatic carbocycles. The van der Waals surface area contributed by atoms with Gasteiger partial charge in [-0.05, 0) is 35.4 Å². The highest BCUT2D eigenvalue weighted by Gasteiger charge is 2.09. The van der Waals surface area contributed by atoms with E-state index < -0.39 is 0 Å². The van der Waals surface area contributed by atoms with E-state index in [4.69, 9.17) is 0 Å². The van der Waals surface area contributed by atoms with Crippen LogP contribution in [0.2, 0.25) is 0 Å². The first kappa shape index (κ1) is 10.1. The van der Waals surface area contributed by atoms with Crippen LogP contribution in [0, 0.1) is 6.92 Å². The van der Waals surface area contributed by atoms with E-state index in [2.05, 4.69) is 78.2 Å². The lowest BCUT2D eigenvalue weighted by Crippen LogP contribution is -2.36. The summed E-state index contributed by atoms with van der Waals surface area (Å²) in [4.78, 5) is 0. The molecule has 0 aliphatic heterocycles. The molecule has 0 saturated heterocycles. The first-order chi connectivity index (χ1) is 8.25. The van der Waals surface area contributed by atoms with Crippen molar-refractivity contribution in [2.24, 2.45) is 7.05 Å². The number of nitrogens with zero attached hydrogens (tertiary/aromatic N) is 2. The summed E-state index contributed by atoms with van der Waals surface area (Å²) in [5.74, 6) is 0. The Morgan fingerprint density at radius 2 is 1.71 bits per heavy atom. The summed E-state index contributed by atoms with van der Waals surface area (Å²) in [6.45, 7) is 2.15. The average molecular weight is 223 g/mol. The minimum atomic E-state index is 1.23. The van der Waals surface area contributed by atoms with Crippen LogP contribution in [0.5, 0.6) is 0 Å². The molecule has 0 spiro atoms. The van der Waals surface area contributed by atoms with E-state index in [9.17, 15) is 0 Å². The number of aromatic nitrogens is 2. The highest BCUT2D eigenvalue weighted by Crippen LogP contribution is 2.21. The van der Waals surface area contributed by atoms with Crippen molar-refractivity contribution in [3.05, 3.63) is 60.4 Å². The first-order valence-corrected chi connectivity index (χ1v) is 5.79. The standard InChI is InChI=1S/C15H15N2/c1-12-10-13-6-3-4-7-14(13)11-15(12)17-9-5-8-16(17)2/h3-11H,1-2H3/q+1. The van der Waals surface area contributed by atoms with Gasteiger partial charge in [-0.2, -0.15) is 0 Å². The molecule has 2 nitrogen and oxygen atoms in total. The quantitative estimate of drug-likeness (QED) is 0.561. The molecule has 84 valence electrons. The van der Waals surface area contributed by atoms with Gasteiger partial charge >= 0.3 is 0 Å². The summed E-state index contributed by atoms with van der Waals surface area (Å²) in [6, 6.07) is 15.0. The molecule has 0 fully saturated rings. The van der Waals surface area contributed by atoms with Gasteiger partial charge in [0.1, 0.15) is 5.69 Å². The fraction of sp³-hybridized carbons (Fsp3) is 0.133. The van der Waals surface area contributed by atoms with Crippen LogP contribution < -0.4 is 4.68 Å². The van der Waals surface area contributed by atoms with Crippen molar-refractivity contribution in [3.8, 4) is 5.69 Å². The molecule has 0 N–H and O–H groups in total. The number of hydrogen-bond acceptors (Lipinski definition) is 0. The predicted molar refractivity (Wildman–Crippen MR) is 69.2 cm³/mol. The third-order valence-corrected chi connectivity index (χ3v) is 3.18. The second-order valence-corrected chi connectivity index (χ2v) is 4.39. The Labute approximate surface area is 101 Å². The maximum absolute atomic E-state index is 2.24. The van der Waals surface area contributed by atoms with E-state index in [0.29, 0.717) is 0 Å². The molecule has 0 radical (unpaired) electrons. The highest BCUT2D eigenvalue weighted by molar-refractivity contribution is 5.85. The van der Waals surface area contributed by atoms with Crippen molar-refractivity contribution in [2.45, 2.75) is 6.92 Å². The average Bonchev–Trinajstić information content (AvgIpc) is 2.74. The van der Waals surface area contributed by atoms with Gasteiger partial charge in [0.05, 0.1) is 6.20 Å². The Bertz CT molecular complexity index is 680. The van der Waals surface area contributed by atoms with Gasteiger partial charge in [0.2, 0.25) is 0 Å². The molecular formula is C15H15N2+. The number of fused-ring (bicyclic) bond motifs is 1. The van der Waals surface area contributed by atoms with E-state index in [1.165, 1.54) is 22.0 Å². The van der Waals surface area contributed by atoms with Gasteiger partial charge in [0, 0.05) is 6.07 Å². The Morgan fingerprint density at radius 3 is 2.35 bits per heavy atom. The van der Waals surface area contributed by atoms with Gasteiger partial charge in [-0.25, -0.2) is 0 Å². The number of aryl methyl sites for hydroxylation is 2. The molecule has 3 rings (SSSR count). The van der Waals surface area contributed by atoms with E-state index >= 15 is 0 Å². The molecular weight excluding hydrogens is 208 g/mol. The van der Waals surface area contributed by atoms with Crippen LogP contribution >= 0.6 is 0 Å². The number of benzene rings is 2. The topological polar surface area (TPSA) is 8.81 Å². The van der Waals surface area contributed by atoms with Gasteiger partial charge in [-0.3, -0.25) is 0 Å². The van der Waals surface area contributed by atoms with E-state index in [1.54, 1.807) is 0 Å². The van der Waals surface area contributed by atoms with E-state index in [0.717, 1.165) is 0 Å². The van der Waals surface area contributed by atoms with Crippen molar-refractivity contribution in [3.63, 3.8) is 0 Å². The zero-order valence-corrected chi connectivity index (χ0v) is 10.1. The summed E-state index contributed by atoms with van der Waals surface area (Å²) in [7, 11) is 2.05. The van der Waals surface area contributed by atoms with Gasteiger partial charge < -0.3 is 0 Å². The molecule has 0 aliphatic carbocycles. The summed E-state index contributed by atoms with van der Waals surface area (Å²) in [6.07, 6.45) is 4.13. The van der Waals surface area contributed by atoms with Crippen LogP contribution in [0.3, 0.4) is 0 Å². The minimum Gasteiger partial charge on any atom is -0.128 e.